The number of nitrogens with zero attached hydrogens (tertiary/aromatic N) is 1. The summed E-state index contributed by atoms with van der Waals surface area (Å²) in [5.41, 5.74) is 0. The predicted molar refractivity (Wildman–Crippen MR) is 68.3 cm³/mol. The van der Waals surface area contributed by atoms with Gasteiger partial charge < -0.3 is 20.6 Å². The van der Waals surface area contributed by atoms with Crippen LogP contribution in [-0.4, -0.2) is 61.2 Å². The SMILES string of the molecule is CC(=O)NC(CNCC1CCN(C)CC1)C(=O)O. The second kappa shape index (κ2) is 7.33. The highest BCUT2D eigenvalue weighted by Gasteiger charge is 2.20. The molecule has 1 amide bonds. The van der Waals surface area contributed by atoms with E-state index >= 15 is 0 Å². The zero-order valence-electron chi connectivity index (χ0n) is 11.1. The number of amides is 1. The highest BCUT2D eigenvalue weighted by atomic mass is 16.4. The fraction of sp³-hybridized carbons (Fsp3) is 0.833. The fourth-order valence-electron chi connectivity index (χ4n) is 2.14. The van der Waals surface area contributed by atoms with Crippen molar-refractivity contribution in [2.75, 3.05) is 33.2 Å². The minimum atomic E-state index is -0.999. The van der Waals surface area contributed by atoms with Crippen molar-refractivity contribution in [3.05, 3.63) is 0 Å². The predicted octanol–water partition coefficient (Wildman–Crippen LogP) is -0.493. The van der Waals surface area contributed by atoms with Gasteiger partial charge in [-0.15, -0.1) is 0 Å². The number of rotatable bonds is 6. The zero-order valence-corrected chi connectivity index (χ0v) is 11.1. The van der Waals surface area contributed by atoms with E-state index in [1.807, 2.05) is 0 Å². The lowest BCUT2D eigenvalue weighted by Crippen LogP contribution is -2.47. The van der Waals surface area contributed by atoms with E-state index in [0.29, 0.717) is 5.92 Å². The Labute approximate surface area is 108 Å². The molecule has 1 rings (SSSR count). The van der Waals surface area contributed by atoms with Crippen LogP contribution in [0.5, 0.6) is 0 Å². The third-order valence-electron chi connectivity index (χ3n) is 3.30. The third kappa shape index (κ3) is 5.46. The van der Waals surface area contributed by atoms with E-state index in [2.05, 4.69) is 22.6 Å². The largest absolute Gasteiger partial charge is 0.480 e. The first kappa shape index (κ1) is 14.9. The quantitative estimate of drug-likeness (QED) is 0.598. The van der Waals surface area contributed by atoms with E-state index in [1.54, 1.807) is 0 Å². The first-order valence-electron chi connectivity index (χ1n) is 6.38. The molecule has 6 heteroatoms. The van der Waals surface area contributed by atoms with Crippen LogP contribution in [0.4, 0.5) is 0 Å². The van der Waals surface area contributed by atoms with Gasteiger partial charge in [-0.3, -0.25) is 4.79 Å². The summed E-state index contributed by atoms with van der Waals surface area (Å²) in [7, 11) is 2.11. The highest BCUT2D eigenvalue weighted by molar-refractivity contribution is 5.82. The summed E-state index contributed by atoms with van der Waals surface area (Å²) in [6.07, 6.45) is 2.28. The number of nitrogens with one attached hydrogen (secondary N) is 2. The van der Waals surface area contributed by atoms with E-state index in [0.717, 1.165) is 32.5 Å². The van der Waals surface area contributed by atoms with Crippen molar-refractivity contribution in [3.63, 3.8) is 0 Å². The maximum Gasteiger partial charge on any atom is 0.327 e. The van der Waals surface area contributed by atoms with E-state index in [9.17, 15) is 9.59 Å². The van der Waals surface area contributed by atoms with Gasteiger partial charge >= 0.3 is 5.97 Å². The second-order valence-corrected chi connectivity index (χ2v) is 5.00. The van der Waals surface area contributed by atoms with Gasteiger partial charge in [0.05, 0.1) is 0 Å². The van der Waals surface area contributed by atoms with Crippen LogP contribution >= 0.6 is 0 Å². The molecule has 1 aliphatic rings. The summed E-state index contributed by atoms with van der Waals surface area (Å²) < 4.78 is 0. The zero-order chi connectivity index (χ0) is 13.5. The summed E-state index contributed by atoms with van der Waals surface area (Å²) >= 11 is 0. The van der Waals surface area contributed by atoms with Gasteiger partial charge in [0, 0.05) is 13.5 Å². The molecule has 3 N–H and O–H groups in total. The molecular formula is C12H23N3O3. The monoisotopic (exact) mass is 257 g/mol. The van der Waals surface area contributed by atoms with Gasteiger partial charge in [-0.05, 0) is 45.4 Å². The Balaban J connectivity index is 2.22. The van der Waals surface area contributed by atoms with Crippen LogP contribution in [0.3, 0.4) is 0 Å². The van der Waals surface area contributed by atoms with Crippen molar-refractivity contribution in [1.82, 2.24) is 15.5 Å². The fourth-order valence-corrected chi connectivity index (χ4v) is 2.14. The highest BCUT2D eigenvalue weighted by Crippen LogP contribution is 2.14. The molecule has 0 aromatic carbocycles. The Hall–Kier alpha value is -1.14. The molecule has 0 spiro atoms. The van der Waals surface area contributed by atoms with Gasteiger partial charge in [-0.25, -0.2) is 4.79 Å². The van der Waals surface area contributed by atoms with Crippen LogP contribution < -0.4 is 10.6 Å². The van der Waals surface area contributed by atoms with Crippen molar-refractivity contribution >= 4 is 11.9 Å². The van der Waals surface area contributed by atoms with Gasteiger partial charge in [0.25, 0.3) is 0 Å². The maximum absolute atomic E-state index is 10.9. The lowest BCUT2D eigenvalue weighted by atomic mass is 9.97. The van der Waals surface area contributed by atoms with Crippen molar-refractivity contribution in [1.29, 1.82) is 0 Å². The molecule has 0 aromatic heterocycles. The third-order valence-corrected chi connectivity index (χ3v) is 3.30. The van der Waals surface area contributed by atoms with Gasteiger partial charge in [-0.2, -0.15) is 0 Å². The molecule has 1 atom stereocenters. The molecule has 104 valence electrons. The summed E-state index contributed by atoms with van der Waals surface area (Å²) in [6.45, 7) is 4.62. The van der Waals surface area contributed by atoms with Gasteiger partial charge in [0.1, 0.15) is 6.04 Å². The number of carboxylic acid groups (broad SMARTS) is 1. The number of likely N-dealkylation sites (tertiary alicyclic amines) is 1. The number of piperidine rings is 1. The summed E-state index contributed by atoms with van der Waals surface area (Å²) in [4.78, 5) is 24.0. The number of carbonyl (C=O) groups is 2. The van der Waals surface area contributed by atoms with E-state index < -0.39 is 12.0 Å². The van der Waals surface area contributed by atoms with Crippen molar-refractivity contribution in [3.8, 4) is 0 Å². The van der Waals surface area contributed by atoms with Crippen LogP contribution in [0.1, 0.15) is 19.8 Å². The number of hydrogen-bond donors (Lipinski definition) is 3. The molecular weight excluding hydrogens is 234 g/mol. The van der Waals surface area contributed by atoms with Crippen LogP contribution in [0, 0.1) is 5.92 Å². The molecule has 1 saturated heterocycles. The smallest absolute Gasteiger partial charge is 0.327 e. The molecule has 0 bridgehead atoms. The van der Waals surface area contributed by atoms with Crippen molar-refractivity contribution in [2.24, 2.45) is 5.92 Å². The topological polar surface area (TPSA) is 81.7 Å². The van der Waals surface area contributed by atoms with Crippen LogP contribution in [0.25, 0.3) is 0 Å². The number of aliphatic carboxylic acids is 1. The Bertz CT molecular complexity index is 288. The molecule has 0 aromatic rings. The minimum absolute atomic E-state index is 0.279. The summed E-state index contributed by atoms with van der Waals surface area (Å²) in [5, 5.41) is 14.5. The molecule has 1 heterocycles. The first-order chi connectivity index (χ1) is 8.49. The van der Waals surface area contributed by atoms with Crippen LogP contribution in [-0.2, 0) is 9.59 Å². The van der Waals surface area contributed by atoms with E-state index in [1.165, 1.54) is 6.92 Å². The lowest BCUT2D eigenvalue weighted by Gasteiger charge is -2.29. The van der Waals surface area contributed by atoms with E-state index in [4.69, 9.17) is 5.11 Å². The molecule has 1 unspecified atom stereocenters. The molecule has 1 fully saturated rings. The molecule has 6 nitrogen and oxygen atoms in total. The molecule has 0 radical (unpaired) electrons. The Kier molecular flexibility index (Phi) is 6.07. The van der Waals surface area contributed by atoms with Gasteiger partial charge in [0.2, 0.25) is 5.91 Å². The minimum Gasteiger partial charge on any atom is -0.480 e. The van der Waals surface area contributed by atoms with E-state index in [-0.39, 0.29) is 12.5 Å². The number of carbonyl (C=O) groups excluding carboxylic acids is 1. The Morgan fingerprint density at radius 2 is 2.00 bits per heavy atom. The Morgan fingerprint density at radius 3 is 2.50 bits per heavy atom. The average molecular weight is 257 g/mol. The second-order valence-electron chi connectivity index (χ2n) is 5.00. The van der Waals surface area contributed by atoms with Crippen molar-refractivity contribution in [2.45, 2.75) is 25.8 Å². The molecule has 0 aliphatic carbocycles. The Morgan fingerprint density at radius 1 is 1.39 bits per heavy atom. The summed E-state index contributed by atoms with van der Waals surface area (Å²) in [5.74, 6) is -0.711. The van der Waals surface area contributed by atoms with Gasteiger partial charge in [0.15, 0.2) is 0 Å². The van der Waals surface area contributed by atoms with Crippen LogP contribution in [0.15, 0.2) is 0 Å². The number of hydrogen-bond acceptors (Lipinski definition) is 4. The maximum atomic E-state index is 10.9. The average Bonchev–Trinajstić information content (AvgIpc) is 2.29. The standard InChI is InChI=1S/C12H23N3O3/c1-9(16)14-11(12(17)18)8-13-7-10-3-5-15(2)6-4-10/h10-11,13H,3-8H2,1-2H3,(H,14,16)(H,17,18). The molecule has 18 heavy (non-hydrogen) atoms. The normalized spacial score (nSPS) is 19.4. The first-order valence-corrected chi connectivity index (χ1v) is 6.38. The van der Waals surface area contributed by atoms with Gasteiger partial charge in [-0.1, -0.05) is 0 Å². The van der Waals surface area contributed by atoms with Crippen molar-refractivity contribution < 1.29 is 14.7 Å². The number of carboxylic acids is 1. The lowest BCUT2D eigenvalue weighted by molar-refractivity contribution is -0.141. The molecule has 1 aliphatic heterocycles. The molecule has 0 saturated carbocycles. The van der Waals surface area contributed by atoms with Crippen LogP contribution in [0.2, 0.25) is 0 Å². The summed E-state index contributed by atoms with van der Waals surface area (Å²) in [6, 6.07) is -0.839.